The molecule has 2 rings (SSSR count). The number of rotatable bonds is 7. The molecule has 1 aromatic carbocycles. The van der Waals surface area contributed by atoms with Crippen molar-refractivity contribution in [2.75, 3.05) is 11.9 Å². The molecule has 0 aliphatic heterocycles. The van der Waals surface area contributed by atoms with Gasteiger partial charge in [0.15, 0.2) is 0 Å². The minimum Gasteiger partial charge on any atom is -0.389 e. The van der Waals surface area contributed by atoms with Gasteiger partial charge in [-0.2, -0.15) is 0 Å². The molecule has 0 spiro atoms. The first-order valence-corrected chi connectivity index (χ1v) is 7.18. The lowest BCUT2D eigenvalue weighted by Crippen LogP contribution is -2.15. The molecule has 20 heavy (non-hydrogen) atoms. The highest BCUT2D eigenvalue weighted by Crippen LogP contribution is 2.20. The summed E-state index contributed by atoms with van der Waals surface area (Å²) in [5.74, 6) is 0. The summed E-state index contributed by atoms with van der Waals surface area (Å²) >= 11 is 5.09. The van der Waals surface area contributed by atoms with Crippen LogP contribution in [0.15, 0.2) is 36.9 Å². The lowest BCUT2D eigenvalue weighted by atomic mass is 10.1. The highest BCUT2D eigenvalue weighted by Gasteiger charge is 2.06. The molecule has 1 aromatic heterocycles. The van der Waals surface area contributed by atoms with Gasteiger partial charge in [-0.25, -0.2) is 4.98 Å². The second-order valence-corrected chi connectivity index (χ2v) is 5.24. The van der Waals surface area contributed by atoms with E-state index in [1.807, 2.05) is 24.7 Å². The monoisotopic (exact) mass is 288 g/mol. The maximum Gasteiger partial charge on any atom is 0.106 e. The van der Waals surface area contributed by atoms with Crippen molar-refractivity contribution in [3.63, 3.8) is 0 Å². The minimum absolute atomic E-state index is 0.439. The molecule has 0 amide bonds. The molecule has 0 saturated heterocycles. The van der Waals surface area contributed by atoms with Gasteiger partial charge in [0.05, 0.1) is 6.33 Å². The van der Waals surface area contributed by atoms with E-state index in [0.717, 1.165) is 37.2 Å². The van der Waals surface area contributed by atoms with Gasteiger partial charge < -0.3 is 15.6 Å². The summed E-state index contributed by atoms with van der Waals surface area (Å²) < 4.78 is 2.09. The highest BCUT2D eigenvalue weighted by atomic mass is 32.1. The number of aromatic nitrogens is 2. The summed E-state index contributed by atoms with van der Waals surface area (Å²) in [6.07, 6.45) is 7.83. The van der Waals surface area contributed by atoms with Crippen LogP contribution in [0.25, 0.3) is 0 Å². The smallest absolute Gasteiger partial charge is 0.106 e. The summed E-state index contributed by atoms with van der Waals surface area (Å²) in [6, 6.07) is 6.01. The summed E-state index contributed by atoms with van der Waals surface area (Å²) in [6.45, 7) is 3.97. The fraction of sp³-hybridized carbons (Fsp3) is 0.333. The molecule has 0 atom stereocenters. The standard InChI is InChI=1S/C15H20N4S/c1-12-5-4-6-13(15(16)20)14(12)18-7-2-3-9-19-10-8-17-11-19/h4-6,8,10-11,18H,2-3,7,9H2,1H3,(H2,16,20). The van der Waals surface area contributed by atoms with Crippen LogP contribution in [-0.2, 0) is 6.54 Å². The van der Waals surface area contributed by atoms with Crippen LogP contribution in [0, 0.1) is 6.92 Å². The van der Waals surface area contributed by atoms with E-state index in [1.54, 1.807) is 6.20 Å². The average Bonchev–Trinajstić information content (AvgIpc) is 2.92. The van der Waals surface area contributed by atoms with E-state index in [4.69, 9.17) is 18.0 Å². The van der Waals surface area contributed by atoms with Crippen LogP contribution in [0.5, 0.6) is 0 Å². The number of hydrogen-bond acceptors (Lipinski definition) is 3. The van der Waals surface area contributed by atoms with Crippen LogP contribution in [-0.4, -0.2) is 21.1 Å². The average molecular weight is 288 g/mol. The molecule has 106 valence electrons. The van der Waals surface area contributed by atoms with Gasteiger partial charge >= 0.3 is 0 Å². The SMILES string of the molecule is Cc1cccc(C(N)=S)c1NCCCCn1ccnc1. The number of thiocarbonyl (C=S) groups is 1. The highest BCUT2D eigenvalue weighted by molar-refractivity contribution is 7.80. The number of nitrogens with zero attached hydrogens (tertiary/aromatic N) is 2. The van der Waals surface area contributed by atoms with Gasteiger partial charge in [-0.05, 0) is 31.4 Å². The fourth-order valence-electron chi connectivity index (χ4n) is 2.16. The molecule has 0 aliphatic carbocycles. The van der Waals surface area contributed by atoms with Gasteiger partial charge in [-0.15, -0.1) is 0 Å². The quantitative estimate of drug-likeness (QED) is 0.607. The first-order valence-electron chi connectivity index (χ1n) is 6.77. The van der Waals surface area contributed by atoms with Crippen LogP contribution in [0.2, 0.25) is 0 Å². The van der Waals surface area contributed by atoms with Gasteiger partial charge in [-0.1, -0.05) is 24.4 Å². The van der Waals surface area contributed by atoms with Crippen LogP contribution >= 0.6 is 12.2 Å². The maximum absolute atomic E-state index is 5.76. The van der Waals surface area contributed by atoms with E-state index in [9.17, 15) is 0 Å². The van der Waals surface area contributed by atoms with Crippen molar-refractivity contribution in [2.24, 2.45) is 5.73 Å². The predicted octanol–water partition coefficient (Wildman–Crippen LogP) is 2.72. The molecule has 0 radical (unpaired) electrons. The van der Waals surface area contributed by atoms with Crippen molar-refractivity contribution in [1.82, 2.24) is 9.55 Å². The second-order valence-electron chi connectivity index (χ2n) is 4.80. The Kier molecular flexibility index (Phi) is 5.12. The molecule has 5 heteroatoms. The van der Waals surface area contributed by atoms with Crippen molar-refractivity contribution in [3.8, 4) is 0 Å². The molecule has 0 unspecified atom stereocenters. The minimum atomic E-state index is 0.439. The fourth-order valence-corrected chi connectivity index (χ4v) is 2.33. The van der Waals surface area contributed by atoms with Crippen molar-refractivity contribution in [1.29, 1.82) is 0 Å². The number of nitrogens with two attached hydrogens (primary N) is 1. The zero-order valence-corrected chi connectivity index (χ0v) is 12.5. The van der Waals surface area contributed by atoms with Crippen LogP contribution in [0.4, 0.5) is 5.69 Å². The summed E-state index contributed by atoms with van der Waals surface area (Å²) in [5, 5.41) is 3.45. The van der Waals surface area contributed by atoms with E-state index in [1.165, 1.54) is 5.56 Å². The molecule has 0 fully saturated rings. The number of imidazole rings is 1. The van der Waals surface area contributed by atoms with Gasteiger partial charge in [-0.3, -0.25) is 0 Å². The lowest BCUT2D eigenvalue weighted by molar-refractivity contribution is 0.621. The molecule has 2 aromatic rings. The number of anilines is 1. The Morgan fingerprint density at radius 3 is 2.95 bits per heavy atom. The first kappa shape index (κ1) is 14.5. The van der Waals surface area contributed by atoms with Gasteiger partial charge in [0.2, 0.25) is 0 Å². The lowest BCUT2D eigenvalue weighted by Gasteiger charge is -2.14. The third-order valence-corrected chi connectivity index (χ3v) is 3.46. The molecule has 0 aliphatic rings. The van der Waals surface area contributed by atoms with E-state index < -0.39 is 0 Å². The van der Waals surface area contributed by atoms with Gasteiger partial charge in [0, 0.05) is 36.7 Å². The van der Waals surface area contributed by atoms with Crippen LogP contribution in [0.3, 0.4) is 0 Å². The Balaban J connectivity index is 1.83. The molecule has 1 heterocycles. The Morgan fingerprint density at radius 2 is 2.25 bits per heavy atom. The number of para-hydroxylation sites is 1. The van der Waals surface area contributed by atoms with E-state index >= 15 is 0 Å². The Bertz CT molecular complexity index is 563. The third kappa shape index (κ3) is 3.81. The van der Waals surface area contributed by atoms with Crippen molar-refractivity contribution >= 4 is 22.9 Å². The molecule has 4 nitrogen and oxygen atoms in total. The number of unbranched alkanes of at least 4 members (excludes halogenated alkanes) is 1. The Labute approximate surface area is 125 Å². The van der Waals surface area contributed by atoms with Crippen molar-refractivity contribution < 1.29 is 0 Å². The number of aryl methyl sites for hydroxylation is 2. The predicted molar refractivity (Wildman–Crippen MR) is 87.0 cm³/mol. The number of nitrogens with one attached hydrogen (secondary N) is 1. The van der Waals surface area contributed by atoms with Crippen molar-refractivity contribution in [2.45, 2.75) is 26.3 Å². The van der Waals surface area contributed by atoms with Gasteiger partial charge in [0.25, 0.3) is 0 Å². The summed E-state index contributed by atoms with van der Waals surface area (Å²) in [4.78, 5) is 4.47. The van der Waals surface area contributed by atoms with Crippen molar-refractivity contribution in [3.05, 3.63) is 48.0 Å². The molecule has 0 saturated carbocycles. The Hall–Kier alpha value is -1.88. The second kappa shape index (κ2) is 7.05. The largest absolute Gasteiger partial charge is 0.389 e. The molecular weight excluding hydrogens is 268 g/mol. The molecular formula is C15H20N4S. The first-order chi connectivity index (χ1) is 9.68. The third-order valence-electron chi connectivity index (χ3n) is 3.24. The van der Waals surface area contributed by atoms with E-state index in [-0.39, 0.29) is 0 Å². The number of benzene rings is 1. The number of hydrogen-bond donors (Lipinski definition) is 2. The topological polar surface area (TPSA) is 55.9 Å². The van der Waals surface area contributed by atoms with E-state index in [2.05, 4.69) is 27.9 Å². The summed E-state index contributed by atoms with van der Waals surface area (Å²) in [5.41, 5.74) is 8.91. The molecule has 0 bridgehead atoms. The van der Waals surface area contributed by atoms with E-state index in [0.29, 0.717) is 4.99 Å². The maximum atomic E-state index is 5.76. The van der Waals surface area contributed by atoms with Crippen LogP contribution < -0.4 is 11.1 Å². The van der Waals surface area contributed by atoms with Crippen LogP contribution in [0.1, 0.15) is 24.0 Å². The normalized spacial score (nSPS) is 10.4. The Morgan fingerprint density at radius 1 is 1.40 bits per heavy atom. The summed E-state index contributed by atoms with van der Waals surface area (Å²) in [7, 11) is 0. The molecule has 3 N–H and O–H groups in total. The van der Waals surface area contributed by atoms with Gasteiger partial charge in [0.1, 0.15) is 4.99 Å². The zero-order chi connectivity index (χ0) is 14.4. The zero-order valence-electron chi connectivity index (χ0n) is 11.7.